The van der Waals surface area contributed by atoms with Crippen molar-refractivity contribution >= 4 is 0 Å². The Morgan fingerprint density at radius 2 is 1.47 bits per heavy atom. The molecular formula is C31H52O. The summed E-state index contributed by atoms with van der Waals surface area (Å²) in [6, 6.07) is 0. The van der Waals surface area contributed by atoms with Crippen molar-refractivity contribution in [3.63, 3.8) is 0 Å². The molecule has 182 valence electrons. The van der Waals surface area contributed by atoms with Gasteiger partial charge in [0.2, 0.25) is 0 Å². The summed E-state index contributed by atoms with van der Waals surface area (Å²) < 4.78 is 0. The maximum Gasteiger partial charge on any atom is 0.0594 e. The van der Waals surface area contributed by atoms with E-state index in [1.807, 2.05) is 0 Å². The fraction of sp³-hybridized carbons (Fsp3) is 0.935. The van der Waals surface area contributed by atoms with Crippen LogP contribution in [0.2, 0.25) is 0 Å². The summed E-state index contributed by atoms with van der Waals surface area (Å²) in [6.07, 6.45) is 14.8. The molecule has 32 heavy (non-hydrogen) atoms. The van der Waals surface area contributed by atoms with Crippen molar-refractivity contribution in [1.29, 1.82) is 0 Å². The van der Waals surface area contributed by atoms with Crippen LogP contribution in [0, 0.1) is 56.7 Å². The quantitative estimate of drug-likeness (QED) is 0.425. The molecule has 1 nitrogen and oxygen atoms in total. The Kier molecular flexibility index (Phi) is 5.21. The summed E-state index contributed by atoms with van der Waals surface area (Å²) >= 11 is 0. The SMILES string of the molecule is C=C([C@H](C)CCC(C)C)[C@@H]1CC[C@@]2(C)[C@H]3CC[C@@H]4C(C)(C)[C@@H](O)CC[C@@]45C[C@@]35CC[C@]12C. The number of allylic oxidation sites excluding steroid dienone is 1. The topological polar surface area (TPSA) is 20.2 Å². The van der Waals surface area contributed by atoms with Gasteiger partial charge in [0.1, 0.15) is 0 Å². The Morgan fingerprint density at radius 1 is 0.812 bits per heavy atom. The first-order chi connectivity index (χ1) is 14.9. The Balaban J connectivity index is 1.41. The van der Waals surface area contributed by atoms with Crippen molar-refractivity contribution in [3.05, 3.63) is 12.2 Å². The predicted molar refractivity (Wildman–Crippen MR) is 135 cm³/mol. The van der Waals surface area contributed by atoms with Crippen molar-refractivity contribution in [2.45, 2.75) is 125 Å². The predicted octanol–water partition coefficient (Wildman–Crippen LogP) is 8.41. The summed E-state index contributed by atoms with van der Waals surface area (Å²) in [4.78, 5) is 0. The van der Waals surface area contributed by atoms with Crippen LogP contribution < -0.4 is 0 Å². The van der Waals surface area contributed by atoms with Crippen molar-refractivity contribution < 1.29 is 5.11 Å². The van der Waals surface area contributed by atoms with Gasteiger partial charge < -0.3 is 5.11 Å². The lowest BCUT2D eigenvalue weighted by Crippen LogP contribution is -2.57. The van der Waals surface area contributed by atoms with E-state index in [-0.39, 0.29) is 11.5 Å². The first kappa shape index (κ1) is 23.4. The van der Waals surface area contributed by atoms with Gasteiger partial charge in [-0.2, -0.15) is 0 Å². The van der Waals surface area contributed by atoms with Gasteiger partial charge in [-0.3, -0.25) is 0 Å². The molecule has 0 radical (unpaired) electrons. The molecule has 0 saturated heterocycles. The van der Waals surface area contributed by atoms with Gasteiger partial charge in [0.05, 0.1) is 6.10 Å². The second-order valence-corrected chi connectivity index (χ2v) is 14.9. The van der Waals surface area contributed by atoms with Crippen LogP contribution in [0.15, 0.2) is 12.2 Å². The molecule has 2 spiro atoms. The number of fused-ring (bicyclic) bond motifs is 2. The molecule has 0 aromatic rings. The largest absolute Gasteiger partial charge is 0.393 e. The minimum Gasteiger partial charge on any atom is -0.393 e. The highest BCUT2D eigenvalue weighted by Gasteiger charge is 2.82. The van der Waals surface area contributed by atoms with Crippen LogP contribution in [-0.4, -0.2) is 11.2 Å². The summed E-state index contributed by atoms with van der Waals surface area (Å²) in [5, 5.41) is 10.9. The maximum absolute atomic E-state index is 10.9. The van der Waals surface area contributed by atoms with E-state index < -0.39 is 0 Å². The Bertz CT molecular complexity index is 779. The third kappa shape index (κ3) is 2.73. The van der Waals surface area contributed by atoms with Crippen LogP contribution in [0.3, 0.4) is 0 Å². The van der Waals surface area contributed by atoms with Gasteiger partial charge in [-0.1, -0.05) is 67.0 Å². The monoisotopic (exact) mass is 440 g/mol. The lowest BCUT2D eigenvalue weighted by molar-refractivity contribution is -0.157. The van der Waals surface area contributed by atoms with E-state index in [1.165, 1.54) is 64.2 Å². The fourth-order valence-corrected chi connectivity index (χ4v) is 11.0. The van der Waals surface area contributed by atoms with E-state index in [2.05, 4.69) is 48.5 Å². The standard InChI is InChI=1S/C31H52O/c1-20(2)9-10-21(3)22(4)23-13-15-29(8)25-12-11-24-27(5,6)26(32)14-16-30(24)19-31(25,30)18-17-28(23,29)7/h20-21,23-26,32H,4,9-19H2,1-3,5-8H3/t21-,23+,24-,25-,26+,28-,29+,30-,31+/m1/s1. The van der Waals surface area contributed by atoms with Gasteiger partial charge in [0.15, 0.2) is 0 Å². The number of aliphatic hydroxyl groups is 1. The molecule has 0 unspecified atom stereocenters. The molecule has 5 rings (SSSR count). The highest BCUT2D eigenvalue weighted by atomic mass is 16.3. The zero-order chi connectivity index (χ0) is 23.3. The molecular weight excluding hydrogens is 388 g/mol. The van der Waals surface area contributed by atoms with Gasteiger partial charge >= 0.3 is 0 Å². The average molecular weight is 441 g/mol. The summed E-state index contributed by atoms with van der Waals surface area (Å²) in [5.41, 5.74) is 3.77. The second-order valence-electron chi connectivity index (χ2n) is 14.9. The molecule has 5 aliphatic carbocycles. The van der Waals surface area contributed by atoms with Crippen molar-refractivity contribution in [2.24, 2.45) is 56.7 Å². The number of rotatable bonds is 5. The molecule has 0 aromatic carbocycles. The van der Waals surface area contributed by atoms with E-state index in [0.29, 0.717) is 27.6 Å². The van der Waals surface area contributed by atoms with E-state index >= 15 is 0 Å². The zero-order valence-electron chi connectivity index (χ0n) is 22.4. The molecule has 5 saturated carbocycles. The highest BCUT2D eigenvalue weighted by Crippen LogP contribution is 2.89. The highest BCUT2D eigenvalue weighted by molar-refractivity contribution is 5.32. The van der Waals surface area contributed by atoms with E-state index in [0.717, 1.165) is 30.1 Å². The molecule has 0 amide bonds. The molecule has 9 atom stereocenters. The molecule has 5 aliphatic rings. The van der Waals surface area contributed by atoms with Gasteiger partial charge in [0.25, 0.3) is 0 Å². The molecule has 5 fully saturated rings. The minimum atomic E-state index is -0.0942. The van der Waals surface area contributed by atoms with Gasteiger partial charge in [0, 0.05) is 0 Å². The number of aliphatic hydroxyl groups excluding tert-OH is 1. The molecule has 1 heteroatoms. The van der Waals surface area contributed by atoms with Gasteiger partial charge in [-0.25, -0.2) is 0 Å². The third-order valence-corrected chi connectivity index (χ3v) is 13.3. The lowest BCUT2D eigenvalue weighted by Gasteiger charge is -2.63. The van der Waals surface area contributed by atoms with E-state index in [9.17, 15) is 5.11 Å². The van der Waals surface area contributed by atoms with E-state index in [4.69, 9.17) is 6.58 Å². The smallest absolute Gasteiger partial charge is 0.0594 e. The Hall–Kier alpha value is -0.300. The summed E-state index contributed by atoms with van der Waals surface area (Å²) in [5.74, 6) is 3.83. The van der Waals surface area contributed by atoms with Gasteiger partial charge in [-0.05, 0) is 121 Å². The summed E-state index contributed by atoms with van der Waals surface area (Å²) in [7, 11) is 0. The number of hydrogen-bond donors (Lipinski definition) is 1. The van der Waals surface area contributed by atoms with Crippen molar-refractivity contribution in [3.8, 4) is 0 Å². The average Bonchev–Trinajstić information content (AvgIpc) is 3.31. The van der Waals surface area contributed by atoms with Crippen LogP contribution in [-0.2, 0) is 0 Å². The third-order valence-electron chi connectivity index (χ3n) is 13.3. The van der Waals surface area contributed by atoms with Crippen LogP contribution in [0.25, 0.3) is 0 Å². The van der Waals surface area contributed by atoms with Crippen molar-refractivity contribution in [1.82, 2.24) is 0 Å². The normalized spacial score (nSPS) is 51.9. The zero-order valence-corrected chi connectivity index (χ0v) is 22.4. The van der Waals surface area contributed by atoms with Crippen LogP contribution in [0.1, 0.15) is 119 Å². The molecule has 0 aromatic heterocycles. The van der Waals surface area contributed by atoms with Crippen LogP contribution in [0.4, 0.5) is 0 Å². The molecule has 0 heterocycles. The minimum absolute atomic E-state index is 0.0942. The second kappa shape index (κ2) is 7.11. The maximum atomic E-state index is 10.9. The van der Waals surface area contributed by atoms with Crippen LogP contribution in [0.5, 0.6) is 0 Å². The molecule has 0 aliphatic heterocycles. The summed E-state index contributed by atoms with van der Waals surface area (Å²) in [6.45, 7) is 22.1. The van der Waals surface area contributed by atoms with Gasteiger partial charge in [-0.15, -0.1) is 0 Å². The van der Waals surface area contributed by atoms with Crippen molar-refractivity contribution in [2.75, 3.05) is 0 Å². The van der Waals surface area contributed by atoms with Crippen LogP contribution >= 0.6 is 0 Å². The lowest BCUT2D eigenvalue weighted by atomic mass is 9.42. The fourth-order valence-electron chi connectivity index (χ4n) is 11.0. The Labute approximate surface area is 199 Å². The Morgan fingerprint density at radius 3 is 2.16 bits per heavy atom. The van der Waals surface area contributed by atoms with E-state index in [1.54, 1.807) is 5.57 Å². The first-order valence-electron chi connectivity index (χ1n) is 14.2. The first-order valence-corrected chi connectivity index (χ1v) is 14.2. The molecule has 1 N–H and O–H groups in total. The number of hydrogen-bond acceptors (Lipinski definition) is 1. The molecule has 0 bridgehead atoms.